The summed E-state index contributed by atoms with van der Waals surface area (Å²) in [6, 6.07) is 3.61. The van der Waals surface area contributed by atoms with Crippen molar-refractivity contribution in [2.45, 2.75) is 31.7 Å². The predicted molar refractivity (Wildman–Crippen MR) is 81.9 cm³/mol. The molecule has 2 heterocycles. The minimum atomic E-state index is -0.387. The van der Waals surface area contributed by atoms with Crippen LogP contribution in [0.25, 0.3) is 0 Å². The van der Waals surface area contributed by atoms with E-state index in [1.807, 2.05) is 4.90 Å². The van der Waals surface area contributed by atoms with Crippen molar-refractivity contribution >= 4 is 23.1 Å². The molecule has 0 unspecified atom stereocenters. The van der Waals surface area contributed by atoms with Crippen LogP contribution in [0.15, 0.2) is 12.1 Å². The summed E-state index contributed by atoms with van der Waals surface area (Å²) < 4.78 is 0. The van der Waals surface area contributed by atoms with E-state index in [1.54, 1.807) is 0 Å². The molecule has 1 aromatic heterocycles. The summed E-state index contributed by atoms with van der Waals surface area (Å²) in [6.07, 6.45) is 5.23. The lowest BCUT2D eigenvalue weighted by Gasteiger charge is -2.38. The summed E-state index contributed by atoms with van der Waals surface area (Å²) in [5, 5.41) is 11.4. The number of aromatic nitrogens is 1. The van der Waals surface area contributed by atoms with Crippen LogP contribution in [0.4, 0.5) is 11.5 Å². The number of anilines is 1. The zero-order chi connectivity index (χ0) is 14.8. The Bertz CT molecular complexity index is 526. The second-order valence-electron chi connectivity index (χ2n) is 5.70. The standard InChI is InChI=1S/C14H19ClN4O2/c15-13-6-5-12(19(20)21)14(16-13)18-9-7-17(8-10-18)11-3-1-2-4-11/h5-6,11H,1-4,7-10H2. The Labute approximate surface area is 128 Å². The number of nitrogens with zero attached hydrogens (tertiary/aromatic N) is 4. The van der Waals surface area contributed by atoms with E-state index in [4.69, 9.17) is 11.6 Å². The molecule has 0 atom stereocenters. The number of piperazine rings is 1. The summed E-state index contributed by atoms with van der Waals surface area (Å²) in [6.45, 7) is 3.42. The van der Waals surface area contributed by atoms with E-state index < -0.39 is 0 Å². The van der Waals surface area contributed by atoms with Crippen LogP contribution in [0.3, 0.4) is 0 Å². The molecule has 114 valence electrons. The van der Waals surface area contributed by atoms with Gasteiger partial charge < -0.3 is 4.90 Å². The fraction of sp³-hybridized carbons (Fsp3) is 0.643. The van der Waals surface area contributed by atoms with Gasteiger partial charge in [0.1, 0.15) is 5.15 Å². The van der Waals surface area contributed by atoms with Gasteiger partial charge in [-0.25, -0.2) is 4.98 Å². The molecule has 0 bridgehead atoms. The predicted octanol–water partition coefficient (Wildman–Crippen LogP) is 2.71. The van der Waals surface area contributed by atoms with Crippen LogP contribution in [0.5, 0.6) is 0 Å². The van der Waals surface area contributed by atoms with Crippen molar-refractivity contribution in [3.05, 3.63) is 27.4 Å². The summed E-state index contributed by atoms with van der Waals surface area (Å²) >= 11 is 5.90. The lowest BCUT2D eigenvalue weighted by Crippen LogP contribution is -2.50. The SMILES string of the molecule is O=[N+]([O-])c1ccc(Cl)nc1N1CCN(C2CCCC2)CC1. The highest BCUT2D eigenvalue weighted by molar-refractivity contribution is 6.29. The van der Waals surface area contributed by atoms with Crippen LogP contribution in [0, 0.1) is 10.1 Å². The van der Waals surface area contributed by atoms with E-state index in [1.165, 1.54) is 37.8 Å². The molecule has 0 spiro atoms. The molecule has 2 aliphatic rings. The number of nitro groups is 1. The minimum Gasteiger partial charge on any atom is -0.348 e. The summed E-state index contributed by atoms with van der Waals surface area (Å²) in [7, 11) is 0. The van der Waals surface area contributed by atoms with E-state index in [-0.39, 0.29) is 10.6 Å². The Balaban J connectivity index is 1.71. The first kappa shape index (κ1) is 14.5. The molecule has 0 aromatic carbocycles. The maximum absolute atomic E-state index is 11.1. The van der Waals surface area contributed by atoms with Crippen molar-refractivity contribution in [1.29, 1.82) is 0 Å². The largest absolute Gasteiger partial charge is 0.348 e. The van der Waals surface area contributed by atoms with Gasteiger partial charge in [0.2, 0.25) is 5.82 Å². The number of halogens is 1. The molecule has 3 rings (SSSR count). The Morgan fingerprint density at radius 1 is 1.19 bits per heavy atom. The van der Waals surface area contributed by atoms with Crippen LogP contribution in [-0.2, 0) is 0 Å². The number of rotatable bonds is 3. The van der Waals surface area contributed by atoms with Gasteiger partial charge in [0, 0.05) is 38.3 Å². The van der Waals surface area contributed by atoms with Gasteiger partial charge >= 0.3 is 5.69 Å². The van der Waals surface area contributed by atoms with Gasteiger partial charge in [-0.15, -0.1) is 0 Å². The van der Waals surface area contributed by atoms with Gasteiger partial charge in [-0.1, -0.05) is 24.4 Å². The van der Waals surface area contributed by atoms with Crippen molar-refractivity contribution in [2.24, 2.45) is 0 Å². The molecule has 7 heteroatoms. The first-order chi connectivity index (χ1) is 10.1. The third-order valence-electron chi connectivity index (χ3n) is 4.47. The van der Waals surface area contributed by atoms with Gasteiger partial charge in [-0.2, -0.15) is 0 Å². The zero-order valence-electron chi connectivity index (χ0n) is 11.9. The second-order valence-corrected chi connectivity index (χ2v) is 6.08. The molecular formula is C14H19ClN4O2. The van der Waals surface area contributed by atoms with Crippen molar-refractivity contribution < 1.29 is 4.92 Å². The molecule has 1 aliphatic carbocycles. The molecule has 1 saturated heterocycles. The number of hydrogen-bond donors (Lipinski definition) is 0. The van der Waals surface area contributed by atoms with E-state index in [2.05, 4.69) is 9.88 Å². The van der Waals surface area contributed by atoms with Crippen LogP contribution in [-0.4, -0.2) is 47.0 Å². The molecule has 21 heavy (non-hydrogen) atoms. The van der Waals surface area contributed by atoms with E-state index >= 15 is 0 Å². The topological polar surface area (TPSA) is 62.5 Å². The molecule has 0 amide bonds. The van der Waals surface area contributed by atoms with Crippen LogP contribution < -0.4 is 4.90 Å². The van der Waals surface area contributed by atoms with Crippen LogP contribution in [0.2, 0.25) is 5.15 Å². The molecule has 1 aliphatic heterocycles. The zero-order valence-corrected chi connectivity index (χ0v) is 12.6. The maximum Gasteiger partial charge on any atom is 0.311 e. The first-order valence-electron chi connectivity index (χ1n) is 7.45. The highest BCUT2D eigenvalue weighted by atomic mass is 35.5. The lowest BCUT2D eigenvalue weighted by atomic mass is 10.2. The Hall–Kier alpha value is -1.40. The maximum atomic E-state index is 11.1. The third-order valence-corrected chi connectivity index (χ3v) is 4.68. The fourth-order valence-electron chi connectivity index (χ4n) is 3.36. The highest BCUT2D eigenvalue weighted by Gasteiger charge is 2.29. The quantitative estimate of drug-likeness (QED) is 0.488. The van der Waals surface area contributed by atoms with E-state index in [9.17, 15) is 10.1 Å². The van der Waals surface area contributed by atoms with Crippen LogP contribution in [0.1, 0.15) is 25.7 Å². The number of pyridine rings is 1. The Morgan fingerprint density at radius 2 is 1.86 bits per heavy atom. The van der Waals surface area contributed by atoms with Gasteiger partial charge in [0.15, 0.2) is 0 Å². The minimum absolute atomic E-state index is 0.0358. The van der Waals surface area contributed by atoms with E-state index in [0.717, 1.165) is 26.2 Å². The van der Waals surface area contributed by atoms with Gasteiger partial charge in [-0.3, -0.25) is 15.0 Å². The normalized spacial score (nSPS) is 20.9. The van der Waals surface area contributed by atoms with Gasteiger partial charge in [0.05, 0.1) is 4.92 Å². The molecule has 0 radical (unpaired) electrons. The Kier molecular flexibility index (Phi) is 4.26. The van der Waals surface area contributed by atoms with Crippen molar-refractivity contribution in [2.75, 3.05) is 31.1 Å². The van der Waals surface area contributed by atoms with E-state index in [0.29, 0.717) is 17.0 Å². The summed E-state index contributed by atoms with van der Waals surface area (Å²) in [4.78, 5) is 19.4. The summed E-state index contributed by atoms with van der Waals surface area (Å²) in [5.74, 6) is 0.401. The second kappa shape index (κ2) is 6.15. The molecule has 6 nitrogen and oxygen atoms in total. The highest BCUT2D eigenvalue weighted by Crippen LogP contribution is 2.30. The monoisotopic (exact) mass is 310 g/mol. The van der Waals surface area contributed by atoms with Crippen molar-refractivity contribution in [3.8, 4) is 0 Å². The third kappa shape index (κ3) is 3.11. The first-order valence-corrected chi connectivity index (χ1v) is 7.83. The Morgan fingerprint density at radius 3 is 2.48 bits per heavy atom. The average molecular weight is 311 g/mol. The average Bonchev–Trinajstić information content (AvgIpc) is 3.01. The van der Waals surface area contributed by atoms with Crippen LogP contribution >= 0.6 is 11.6 Å². The lowest BCUT2D eigenvalue weighted by molar-refractivity contribution is -0.384. The van der Waals surface area contributed by atoms with Crippen molar-refractivity contribution in [3.63, 3.8) is 0 Å². The molecular weight excluding hydrogens is 292 g/mol. The molecule has 1 aromatic rings. The molecule has 0 N–H and O–H groups in total. The molecule has 2 fully saturated rings. The smallest absolute Gasteiger partial charge is 0.311 e. The van der Waals surface area contributed by atoms with Gasteiger partial charge in [-0.05, 0) is 18.9 Å². The fourth-order valence-corrected chi connectivity index (χ4v) is 3.50. The number of hydrogen-bond acceptors (Lipinski definition) is 5. The summed E-state index contributed by atoms with van der Waals surface area (Å²) in [5.41, 5.74) is 0.0358. The molecule has 1 saturated carbocycles. The van der Waals surface area contributed by atoms with Crippen molar-refractivity contribution in [1.82, 2.24) is 9.88 Å². The van der Waals surface area contributed by atoms with Gasteiger partial charge in [0.25, 0.3) is 0 Å².